The van der Waals surface area contributed by atoms with Gasteiger partial charge in [-0.1, -0.05) is 17.8 Å². The highest BCUT2D eigenvalue weighted by Gasteiger charge is 2.14. The number of benzene rings is 1. The second-order valence-corrected chi connectivity index (χ2v) is 7.71. The fourth-order valence-electron chi connectivity index (χ4n) is 2.32. The molecule has 0 unspecified atom stereocenters. The van der Waals surface area contributed by atoms with Gasteiger partial charge in [-0.25, -0.2) is 4.79 Å². The molecule has 2 heterocycles. The van der Waals surface area contributed by atoms with Gasteiger partial charge in [-0.2, -0.15) is 0 Å². The summed E-state index contributed by atoms with van der Waals surface area (Å²) >= 11 is 2.89. The van der Waals surface area contributed by atoms with Crippen molar-refractivity contribution in [1.82, 2.24) is 20.1 Å². The van der Waals surface area contributed by atoms with Crippen LogP contribution in [0, 0.1) is 0 Å². The highest BCUT2D eigenvalue weighted by atomic mass is 32.2. The van der Waals surface area contributed by atoms with Crippen LogP contribution in [0.15, 0.2) is 46.9 Å². The highest BCUT2D eigenvalue weighted by Crippen LogP contribution is 2.19. The summed E-state index contributed by atoms with van der Waals surface area (Å²) in [6.45, 7) is 0. The van der Waals surface area contributed by atoms with E-state index in [4.69, 9.17) is 4.74 Å². The number of carbonyl (C=O) groups is 2. The lowest BCUT2D eigenvalue weighted by molar-refractivity contribution is -0.117. The first kappa shape index (κ1) is 19.9. The predicted octanol–water partition coefficient (Wildman–Crippen LogP) is 2.92. The number of hydrogen-bond donors (Lipinski definition) is 2. The van der Waals surface area contributed by atoms with Gasteiger partial charge in [-0.05, 0) is 35.7 Å². The molecule has 0 aliphatic carbocycles. The monoisotopic (exact) mass is 417 g/mol. The Bertz CT molecular complexity index is 939. The van der Waals surface area contributed by atoms with Gasteiger partial charge in [0.15, 0.2) is 5.16 Å². The second-order valence-electron chi connectivity index (χ2n) is 5.73. The molecule has 0 bridgehead atoms. The van der Waals surface area contributed by atoms with Crippen molar-refractivity contribution in [2.24, 2.45) is 7.05 Å². The Morgan fingerprint density at radius 3 is 2.68 bits per heavy atom. The molecule has 0 saturated heterocycles. The molecule has 2 aromatic heterocycles. The molecule has 10 heteroatoms. The number of carbonyl (C=O) groups excluding carboxylic acids is 2. The molecule has 1 aromatic carbocycles. The number of imide groups is 1. The summed E-state index contributed by atoms with van der Waals surface area (Å²) in [5.41, 5.74) is 0.560. The average molecular weight is 418 g/mol. The Hall–Kier alpha value is -2.85. The lowest BCUT2D eigenvalue weighted by atomic mass is 10.3. The van der Waals surface area contributed by atoms with E-state index < -0.39 is 11.9 Å². The van der Waals surface area contributed by atoms with Crippen LogP contribution in [0.4, 0.5) is 10.5 Å². The molecule has 8 nitrogen and oxygen atoms in total. The maximum absolute atomic E-state index is 12.0. The van der Waals surface area contributed by atoms with Crippen molar-refractivity contribution in [3.8, 4) is 5.75 Å². The van der Waals surface area contributed by atoms with Crippen molar-refractivity contribution in [2.45, 2.75) is 11.6 Å². The Kier molecular flexibility index (Phi) is 6.66. The minimum Gasteiger partial charge on any atom is -0.497 e. The van der Waals surface area contributed by atoms with Gasteiger partial charge in [0, 0.05) is 24.0 Å². The number of thiophene rings is 1. The first-order valence-corrected chi connectivity index (χ1v) is 10.2. The summed E-state index contributed by atoms with van der Waals surface area (Å²) in [6.07, 6.45) is 0.693. The second kappa shape index (κ2) is 9.38. The fourth-order valence-corrected chi connectivity index (χ4v) is 3.75. The van der Waals surface area contributed by atoms with Gasteiger partial charge in [0.25, 0.3) is 0 Å². The van der Waals surface area contributed by atoms with Gasteiger partial charge in [-0.3, -0.25) is 10.1 Å². The molecule has 0 saturated carbocycles. The Labute approximate surface area is 170 Å². The molecule has 28 heavy (non-hydrogen) atoms. The van der Waals surface area contributed by atoms with Crippen molar-refractivity contribution in [2.75, 3.05) is 18.2 Å². The minimum absolute atomic E-state index is 0.0566. The van der Waals surface area contributed by atoms with Crippen molar-refractivity contribution in [1.29, 1.82) is 0 Å². The summed E-state index contributed by atoms with van der Waals surface area (Å²) in [5.74, 6) is 1.14. The minimum atomic E-state index is -0.591. The molecule has 3 amide bonds. The fraction of sp³-hybridized carbons (Fsp3) is 0.222. The molecule has 3 aromatic rings. The number of methoxy groups -OCH3 is 1. The van der Waals surface area contributed by atoms with Crippen LogP contribution in [-0.4, -0.2) is 39.6 Å². The highest BCUT2D eigenvalue weighted by molar-refractivity contribution is 7.99. The van der Waals surface area contributed by atoms with Crippen LogP contribution < -0.4 is 15.4 Å². The molecular weight excluding hydrogens is 398 g/mol. The normalized spacial score (nSPS) is 10.5. The predicted molar refractivity (Wildman–Crippen MR) is 109 cm³/mol. The van der Waals surface area contributed by atoms with Crippen LogP contribution in [0.2, 0.25) is 0 Å². The van der Waals surface area contributed by atoms with Gasteiger partial charge >= 0.3 is 6.03 Å². The standard InChI is InChI=1S/C18H19N5O3S2/c1-23-15(10-14-4-3-9-27-14)21-22-18(23)28-11-16(24)20-17(25)19-12-5-7-13(26-2)8-6-12/h3-9H,10-11H2,1-2H3,(H2,19,20,24,25). The van der Waals surface area contributed by atoms with E-state index in [-0.39, 0.29) is 5.75 Å². The number of anilines is 1. The molecular formula is C18H19N5O3S2. The molecule has 146 valence electrons. The van der Waals surface area contributed by atoms with Crippen LogP contribution >= 0.6 is 23.1 Å². The van der Waals surface area contributed by atoms with Gasteiger partial charge in [0.2, 0.25) is 5.91 Å². The van der Waals surface area contributed by atoms with Crippen molar-refractivity contribution < 1.29 is 14.3 Å². The summed E-state index contributed by atoms with van der Waals surface area (Å²) in [6, 6.07) is 10.3. The number of ether oxygens (including phenoxy) is 1. The van der Waals surface area contributed by atoms with Crippen molar-refractivity contribution in [3.63, 3.8) is 0 Å². The third-order valence-electron chi connectivity index (χ3n) is 3.77. The van der Waals surface area contributed by atoms with Crippen LogP contribution in [0.1, 0.15) is 10.7 Å². The summed E-state index contributed by atoms with van der Waals surface area (Å²) in [7, 11) is 3.42. The molecule has 0 aliphatic rings. The lowest BCUT2D eigenvalue weighted by Crippen LogP contribution is -2.35. The number of aromatic nitrogens is 3. The van der Waals surface area contributed by atoms with E-state index in [2.05, 4.69) is 20.8 Å². The maximum atomic E-state index is 12.0. The van der Waals surface area contributed by atoms with Gasteiger partial charge in [-0.15, -0.1) is 21.5 Å². The number of nitrogens with one attached hydrogen (secondary N) is 2. The number of thioether (sulfide) groups is 1. The Morgan fingerprint density at radius 1 is 1.21 bits per heavy atom. The van der Waals surface area contributed by atoms with E-state index in [1.807, 2.05) is 29.1 Å². The van der Waals surface area contributed by atoms with Crippen molar-refractivity contribution in [3.05, 3.63) is 52.5 Å². The van der Waals surface area contributed by atoms with Crippen molar-refractivity contribution >= 4 is 40.7 Å². The molecule has 0 spiro atoms. The molecule has 0 atom stereocenters. The van der Waals surface area contributed by atoms with E-state index in [0.717, 1.165) is 5.82 Å². The Morgan fingerprint density at radius 2 is 2.00 bits per heavy atom. The van der Waals surface area contributed by atoms with Gasteiger partial charge in [0.1, 0.15) is 11.6 Å². The molecule has 0 aliphatic heterocycles. The van der Waals surface area contributed by atoms with Crippen LogP contribution in [-0.2, 0) is 18.3 Å². The quantitative estimate of drug-likeness (QED) is 0.574. The summed E-state index contributed by atoms with van der Waals surface area (Å²) < 4.78 is 6.91. The number of hydrogen-bond acceptors (Lipinski definition) is 7. The van der Waals surface area contributed by atoms with Gasteiger partial charge < -0.3 is 14.6 Å². The average Bonchev–Trinajstić information content (AvgIpc) is 3.32. The first-order valence-electron chi connectivity index (χ1n) is 8.33. The smallest absolute Gasteiger partial charge is 0.325 e. The van der Waals surface area contributed by atoms with Gasteiger partial charge in [0.05, 0.1) is 12.9 Å². The number of nitrogens with zero attached hydrogens (tertiary/aromatic N) is 3. The summed E-state index contributed by atoms with van der Waals surface area (Å²) in [4.78, 5) is 25.1. The molecule has 2 N–H and O–H groups in total. The third-order valence-corrected chi connectivity index (χ3v) is 5.67. The number of amides is 3. The van der Waals surface area contributed by atoms with Crippen LogP contribution in [0.3, 0.4) is 0 Å². The number of rotatable bonds is 7. The van der Waals surface area contributed by atoms with E-state index in [1.165, 1.54) is 16.6 Å². The lowest BCUT2D eigenvalue weighted by Gasteiger charge is -2.07. The van der Waals surface area contributed by atoms with Crippen LogP contribution in [0.5, 0.6) is 5.75 Å². The van der Waals surface area contributed by atoms with E-state index in [9.17, 15) is 9.59 Å². The zero-order valence-electron chi connectivity index (χ0n) is 15.3. The largest absolute Gasteiger partial charge is 0.497 e. The van der Waals surface area contributed by atoms with Crippen LogP contribution in [0.25, 0.3) is 0 Å². The zero-order chi connectivity index (χ0) is 19.9. The molecule has 0 fully saturated rings. The third kappa shape index (κ3) is 5.33. The number of urea groups is 1. The van der Waals surface area contributed by atoms with E-state index >= 15 is 0 Å². The molecule has 3 rings (SSSR count). The molecule has 0 radical (unpaired) electrons. The Balaban J connectivity index is 1.47. The zero-order valence-corrected chi connectivity index (χ0v) is 17.0. The topological polar surface area (TPSA) is 98.1 Å². The van der Waals surface area contributed by atoms with E-state index in [0.29, 0.717) is 23.0 Å². The summed E-state index contributed by atoms with van der Waals surface area (Å²) in [5, 5.41) is 15.8. The SMILES string of the molecule is COc1ccc(NC(=O)NC(=O)CSc2nnc(Cc3cccs3)n2C)cc1. The first-order chi connectivity index (χ1) is 13.5. The maximum Gasteiger partial charge on any atom is 0.325 e. The van der Waals surface area contributed by atoms with E-state index in [1.54, 1.807) is 42.7 Å².